The average molecular weight is 393 g/mol. The zero-order chi connectivity index (χ0) is 20.4. The molecule has 150 valence electrons. The molecule has 2 atom stereocenters. The normalized spacial score (nSPS) is 14.7. The highest BCUT2D eigenvalue weighted by molar-refractivity contribution is 5.79. The molecule has 0 saturated heterocycles. The number of carbonyl (C=O) groups excluding carboxylic acids is 1. The first-order valence-corrected chi connectivity index (χ1v) is 9.48. The molecule has 1 amide bonds. The monoisotopic (exact) mass is 393 g/mol. The molecule has 3 aromatic rings. The number of benzene rings is 2. The molecule has 0 radical (unpaired) electrons. The number of fused-ring (bicyclic) bond motifs is 3. The molecule has 1 heterocycles. The Hall–Kier alpha value is -3.16. The van der Waals surface area contributed by atoms with Crippen LogP contribution in [0.1, 0.15) is 29.0 Å². The van der Waals surface area contributed by atoms with E-state index in [0.29, 0.717) is 5.82 Å². The van der Waals surface area contributed by atoms with Gasteiger partial charge in [0.1, 0.15) is 24.6 Å². The van der Waals surface area contributed by atoms with Crippen LogP contribution in [-0.2, 0) is 11.8 Å². The second-order valence-corrected chi connectivity index (χ2v) is 7.11. The van der Waals surface area contributed by atoms with E-state index in [9.17, 15) is 15.0 Å². The summed E-state index contributed by atoms with van der Waals surface area (Å²) in [4.78, 5) is 16.2. The standard InChI is InChI=1S/C22H23N3O4/c1-25-11-10-23-21(25)20(27)19(26)12-24-22(28)29-13-18-16-8-4-2-6-14(16)15-7-3-5-9-17(15)18/h2-11,18-20,26-27H,12-13H2,1H3,(H,24,28). The maximum absolute atomic E-state index is 12.2. The van der Waals surface area contributed by atoms with Crippen molar-refractivity contribution in [3.8, 4) is 11.1 Å². The van der Waals surface area contributed by atoms with Crippen molar-refractivity contribution in [3.63, 3.8) is 0 Å². The van der Waals surface area contributed by atoms with Gasteiger partial charge in [-0.1, -0.05) is 48.5 Å². The van der Waals surface area contributed by atoms with E-state index in [2.05, 4.69) is 22.4 Å². The molecule has 4 rings (SSSR count). The first-order valence-electron chi connectivity index (χ1n) is 9.48. The number of hydrogen-bond donors (Lipinski definition) is 3. The fourth-order valence-corrected chi connectivity index (χ4v) is 3.78. The third-order valence-electron chi connectivity index (χ3n) is 5.29. The number of alkyl carbamates (subject to hydrolysis) is 1. The molecule has 7 heteroatoms. The molecular weight excluding hydrogens is 370 g/mol. The maximum atomic E-state index is 12.2. The fraction of sp³-hybridized carbons (Fsp3) is 0.273. The van der Waals surface area contributed by atoms with Crippen LogP contribution in [0.15, 0.2) is 60.9 Å². The van der Waals surface area contributed by atoms with Gasteiger partial charge in [0.2, 0.25) is 0 Å². The van der Waals surface area contributed by atoms with E-state index in [1.165, 1.54) is 6.20 Å². The van der Waals surface area contributed by atoms with E-state index in [1.54, 1.807) is 17.8 Å². The van der Waals surface area contributed by atoms with Gasteiger partial charge in [-0.25, -0.2) is 9.78 Å². The van der Waals surface area contributed by atoms with Gasteiger partial charge in [-0.15, -0.1) is 0 Å². The smallest absolute Gasteiger partial charge is 0.407 e. The molecule has 0 spiro atoms. The summed E-state index contributed by atoms with van der Waals surface area (Å²) in [7, 11) is 1.72. The Morgan fingerprint density at radius 1 is 1.14 bits per heavy atom. The Bertz CT molecular complexity index is 971. The van der Waals surface area contributed by atoms with Crippen LogP contribution in [0, 0.1) is 0 Å². The van der Waals surface area contributed by atoms with Gasteiger partial charge in [0, 0.05) is 31.9 Å². The highest BCUT2D eigenvalue weighted by Gasteiger charge is 2.29. The summed E-state index contributed by atoms with van der Waals surface area (Å²) in [6, 6.07) is 16.2. The van der Waals surface area contributed by atoms with Crippen LogP contribution in [0.25, 0.3) is 11.1 Å². The van der Waals surface area contributed by atoms with Crippen molar-refractivity contribution in [1.82, 2.24) is 14.9 Å². The number of imidazole rings is 1. The predicted molar refractivity (Wildman–Crippen MR) is 107 cm³/mol. The molecule has 2 unspecified atom stereocenters. The van der Waals surface area contributed by atoms with Gasteiger partial charge in [0.25, 0.3) is 0 Å². The topological polar surface area (TPSA) is 96.6 Å². The summed E-state index contributed by atoms with van der Waals surface area (Å²) in [5.74, 6) is 0.295. The number of rotatable bonds is 6. The molecule has 1 aliphatic rings. The van der Waals surface area contributed by atoms with Crippen molar-refractivity contribution < 1.29 is 19.7 Å². The number of carbonyl (C=O) groups is 1. The minimum atomic E-state index is -1.20. The molecule has 0 saturated carbocycles. The minimum absolute atomic E-state index is 0.0313. The lowest BCUT2D eigenvalue weighted by atomic mass is 9.98. The Kier molecular flexibility index (Phi) is 5.33. The van der Waals surface area contributed by atoms with E-state index in [0.717, 1.165) is 22.3 Å². The highest BCUT2D eigenvalue weighted by atomic mass is 16.5. The van der Waals surface area contributed by atoms with Crippen LogP contribution in [0.4, 0.5) is 4.79 Å². The summed E-state index contributed by atoms with van der Waals surface area (Å²) < 4.78 is 7.03. The van der Waals surface area contributed by atoms with E-state index in [4.69, 9.17) is 4.74 Å². The first-order chi connectivity index (χ1) is 14.1. The van der Waals surface area contributed by atoms with Gasteiger partial charge < -0.3 is 24.8 Å². The Morgan fingerprint density at radius 3 is 2.34 bits per heavy atom. The van der Waals surface area contributed by atoms with Crippen LogP contribution < -0.4 is 5.32 Å². The zero-order valence-corrected chi connectivity index (χ0v) is 16.0. The third kappa shape index (κ3) is 3.74. The van der Waals surface area contributed by atoms with Gasteiger partial charge in [0.05, 0.1) is 0 Å². The maximum Gasteiger partial charge on any atom is 0.407 e. The number of nitrogens with zero attached hydrogens (tertiary/aromatic N) is 2. The Morgan fingerprint density at radius 2 is 1.76 bits per heavy atom. The first kappa shape index (κ1) is 19.2. The predicted octanol–water partition coefficient (Wildman–Crippen LogP) is 2.35. The van der Waals surface area contributed by atoms with E-state index >= 15 is 0 Å². The van der Waals surface area contributed by atoms with Gasteiger partial charge in [-0.2, -0.15) is 0 Å². The van der Waals surface area contributed by atoms with Crippen molar-refractivity contribution in [2.45, 2.75) is 18.1 Å². The molecule has 3 N–H and O–H groups in total. The number of aryl methyl sites for hydroxylation is 1. The van der Waals surface area contributed by atoms with Crippen LogP contribution >= 0.6 is 0 Å². The summed E-state index contributed by atoms with van der Waals surface area (Å²) >= 11 is 0. The van der Waals surface area contributed by atoms with Crippen molar-refractivity contribution >= 4 is 6.09 Å². The summed E-state index contributed by atoms with van der Waals surface area (Å²) in [6.45, 7) is 0.0442. The van der Waals surface area contributed by atoms with Crippen molar-refractivity contribution in [1.29, 1.82) is 0 Å². The number of amides is 1. The van der Waals surface area contributed by atoms with Crippen LogP contribution in [0.3, 0.4) is 0 Å². The van der Waals surface area contributed by atoms with Gasteiger partial charge in [-0.3, -0.25) is 0 Å². The summed E-state index contributed by atoms with van der Waals surface area (Å²) in [6.07, 6.45) is 0.160. The number of aromatic nitrogens is 2. The SMILES string of the molecule is Cn1ccnc1C(O)C(O)CNC(=O)OCC1c2ccccc2-c2ccccc21. The molecule has 0 bridgehead atoms. The summed E-state index contributed by atoms with van der Waals surface area (Å²) in [5.41, 5.74) is 4.58. The van der Waals surface area contributed by atoms with Gasteiger partial charge in [-0.05, 0) is 22.3 Å². The largest absolute Gasteiger partial charge is 0.449 e. The highest BCUT2D eigenvalue weighted by Crippen LogP contribution is 2.44. The number of aliphatic hydroxyl groups excluding tert-OH is 2. The Balaban J connectivity index is 1.35. The molecule has 2 aromatic carbocycles. The minimum Gasteiger partial charge on any atom is -0.449 e. The lowest BCUT2D eigenvalue weighted by Crippen LogP contribution is -2.37. The van der Waals surface area contributed by atoms with Crippen LogP contribution in [-0.4, -0.2) is 45.1 Å². The number of nitrogens with one attached hydrogen (secondary N) is 1. The van der Waals surface area contributed by atoms with Gasteiger partial charge >= 0.3 is 6.09 Å². The molecule has 0 fully saturated rings. The molecule has 0 aliphatic heterocycles. The van der Waals surface area contributed by atoms with Crippen LogP contribution in [0.2, 0.25) is 0 Å². The number of aliphatic hydroxyl groups is 2. The summed E-state index contributed by atoms with van der Waals surface area (Å²) in [5, 5.41) is 22.8. The quantitative estimate of drug-likeness (QED) is 0.597. The average Bonchev–Trinajstić information content (AvgIpc) is 3.31. The third-order valence-corrected chi connectivity index (χ3v) is 5.29. The molecule has 29 heavy (non-hydrogen) atoms. The van der Waals surface area contributed by atoms with Crippen molar-refractivity contribution in [3.05, 3.63) is 77.9 Å². The second kappa shape index (κ2) is 8.06. The number of hydrogen-bond acceptors (Lipinski definition) is 5. The van der Waals surface area contributed by atoms with E-state index in [1.807, 2.05) is 36.4 Å². The lowest BCUT2D eigenvalue weighted by molar-refractivity contribution is 0.0119. The zero-order valence-electron chi connectivity index (χ0n) is 16.0. The fourth-order valence-electron chi connectivity index (χ4n) is 3.78. The van der Waals surface area contributed by atoms with Crippen LogP contribution in [0.5, 0.6) is 0 Å². The molecule has 1 aromatic heterocycles. The second-order valence-electron chi connectivity index (χ2n) is 7.11. The lowest BCUT2D eigenvalue weighted by Gasteiger charge is -2.19. The Labute approximate surface area is 168 Å². The van der Waals surface area contributed by atoms with Crippen molar-refractivity contribution in [2.24, 2.45) is 7.05 Å². The van der Waals surface area contributed by atoms with E-state index in [-0.39, 0.29) is 19.1 Å². The molecule has 7 nitrogen and oxygen atoms in total. The molecule has 1 aliphatic carbocycles. The molecular formula is C22H23N3O4. The van der Waals surface area contributed by atoms with Gasteiger partial charge in [0.15, 0.2) is 0 Å². The number of ether oxygens (including phenoxy) is 1. The van der Waals surface area contributed by atoms with E-state index < -0.39 is 18.3 Å². The van der Waals surface area contributed by atoms with Crippen molar-refractivity contribution in [2.75, 3.05) is 13.2 Å².